The van der Waals surface area contributed by atoms with E-state index < -0.39 is 0 Å². The molecule has 172 valence electrons. The van der Waals surface area contributed by atoms with Gasteiger partial charge >= 0.3 is 0 Å². The van der Waals surface area contributed by atoms with Gasteiger partial charge in [0.1, 0.15) is 5.82 Å². The fourth-order valence-corrected chi connectivity index (χ4v) is 4.72. The van der Waals surface area contributed by atoms with Crippen LogP contribution >= 0.6 is 11.5 Å². The van der Waals surface area contributed by atoms with Gasteiger partial charge in [-0.25, -0.2) is 4.98 Å². The van der Waals surface area contributed by atoms with Crippen molar-refractivity contribution in [1.82, 2.24) is 19.2 Å². The summed E-state index contributed by atoms with van der Waals surface area (Å²) in [6.07, 6.45) is 0.699. The Kier molecular flexibility index (Phi) is 6.41. The highest BCUT2D eigenvalue weighted by molar-refractivity contribution is 7.09. The number of hydrogen-bond donors (Lipinski definition) is 0. The number of carbonyl (C=O) groups excluding carboxylic acids is 1. The number of amides is 1. The van der Waals surface area contributed by atoms with Crippen LogP contribution in [0.15, 0.2) is 48.5 Å². The molecule has 1 fully saturated rings. The van der Waals surface area contributed by atoms with Crippen LogP contribution < -0.4 is 14.4 Å². The van der Waals surface area contributed by atoms with E-state index >= 15 is 0 Å². The Hall–Kier alpha value is -3.17. The molecule has 1 saturated heterocycles. The first-order valence-corrected chi connectivity index (χ1v) is 11.9. The zero-order valence-electron chi connectivity index (χ0n) is 18.6. The molecule has 2 aromatic carbocycles. The molecule has 0 radical (unpaired) electrons. The molecule has 1 aromatic heterocycles. The van der Waals surface area contributed by atoms with Gasteiger partial charge in [0.25, 0.3) is 0 Å². The first kappa shape index (κ1) is 21.7. The van der Waals surface area contributed by atoms with Gasteiger partial charge in [-0.3, -0.25) is 9.69 Å². The Labute approximate surface area is 197 Å². The van der Waals surface area contributed by atoms with Gasteiger partial charge in [-0.15, -0.1) is 0 Å². The van der Waals surface area contributed by atoms with Crippen LogP contribution in [0.25, 0.3) is 0 Å². The van der Waals surface area contributed by atoms with Crippen molar-refractivity contribution in [2.45, 2.75) is 13.0 Å². The van der Waals surface area contributed by atoms with Crippen molar-refractivity contribution in [1.29, 1.82) is 0 Å². The third-order valence-electron chi connectivity index (χ3n) is 5.93. The highest BCUT2D eigenvalue weighted by Crippen LogP contribution is 2.32. The van der Waals surface area contributed by atoms with Crippen LogP contribution in [0.5, 0.6) is 11.5 Å². The molecule has 0 unspecified atom stereocenters. The van der Waals surface area contributed by atoms with Crippen molar-refractivity contribution in [3.05, 3.63) is 65.5 Å². The molecule has 0 spiro atoms. The number of hydrogen-bond acceptors (Lipinski definition) is 8. The topological polar surface area (TPSA) is 71.0 Å². The number of rotatable bonds is 7. The lowest BCUT2D eigenvalue weighted by molar-refractivity contribution is -0.131. The lowest BCUT2D eigenvalue weighted by Gasteiger charge is -2.35. The van der Waals surface area contributed by atoms with E-state index in [9.17, 15) is 4.79 Å². The maximum Gasteiger partial charge on any atom is 0.242 e. The maximum atomic E-state index is 12.9. The minimum absolute atomic E-state index is 0.125. The molecule has 8 nitrogen and oxygen atoms in total. The molecule has 33 heavy (non-hydrogen) atoms. The third kappa shape index (κ3) is 5.26. The molecule has 3 aromatic rings. The van der Waals surface area contributed by atoms with Crippen LogP contribution in [0.3, 0.4) is 0 Å². The maximum absolute atomic E-state index is 12.9. The molecule has 1 amide bonds. The molecule has 5 rings (SSSR count). The summed E-state index contributed by atoms with van der Waals surface area (Å²) < 4.78 is 15.3. The molecule has 2 aliphatic rings. The number of anilines is 1. The van der Waals surface area contributed by atoms with E-state index in [4.69, 9.17) is 9.47 Å². The van der Waals surface area contributed by atoms with Crippen molar-refractivity contribution >= 4 is 22.6 Å². The minimum Gasteiger partial charge on any atom is -0.454 e. The second-order valence-electron chi connectivity index (χ2n) is 8.36. The Morgan fingerprint density at radius 2 is 1.82 bits per heavy atom. The first-order valence-electron chi connectivity index (χ1n) is 11.1. The summed E-state index contributed by atoms with van der Waals surface area (Å²) in [6.45, 7) is 4.60. The Morgan fingerprint density at radius 1 is 1.03 bits per heavy atom. The van der Waals surface area contributed by atoms with Crippen LogP contribution in [0.1, 0.15) is 17.0 Å². The predicted molar refractivity (Wildman–Crippen MR) is 127 cm³/mol. The Morgan fingerprint density at radius 3 is 2.64 bits per heavy atom. The van der Waals surface area contributed by atoms with Crippen molar-refractivity contribution in [3.63, 3.8) is 0 Å². The van der Waals surface area contributed by atoms with E-state index in [1.807, 2.05) is 47.2 Å². The summed E-state index contributed by atoms with van der Waals surface area (Å²) in [4.78, 5) is 23.7. The van der Waals surface area contributed by atoms with Crippen molar-refractivity contribution in [3.8, 4) is 11.5 Å². The van der Waals surface area contributed by atoms with Gasteiger partial charge in [-0.2, -0.15) is 4.37 Å². The zero-order valence-corrected chi connectivity index (χ0v) is 19.5. The molecular formula is C24H27N5O3S. The number of benzene rings is 2. The van der Waals surface area contributed by atoms with E-state index in [2.05, 4.69) is 32.5 Å². The highest BCUT2D eigenvalue weighted by atomic mass is 32.1. The summed E-state index contributed by atoms with van der Waals surface area (Å²) in [7, 11) is 1.90. The van der Waals surface area contributed by atoms with Gasteiger partial charge in [0.2, 0.25) is 17.8 Å². The molecule has 0 aliphatic carbocycles. The van der Waals surface area contributed by atoms with Gasteiger partial charge in [0.15, 0.2) is 11.5 Å². The summed E-state index contributed by atoms with van der Waals surface area (Å²) in [5.74, 6) is 2.53. The molecule has 0 bridgehead atoms. The molecule has 9 heteroatoms. The quantitative estimate of drug-likeness (QED) is 0.531. The lowest BCUT2D eigenvalue weighted by Crippen LogP contribution is -2.50. The van der Waals surface area contributed by atoms with Crippen LogP contribution in [-0.2, 0) is 17.8 Å². The number of ether oxygens (including phenoxy) is 2. The number of piperazine rings is 1. The van der Waals surface area contributed by atoms with Gasteiger partial charge in [-0.1, -0.05) is 36.4 Å². The first-order chi connectivity index (χ1) is 16.1. The lowest BCUT2D eigenvalue weighted by atomic mass is 10.1. The Balaban J connectivity index is 1.09. The second-order valence-corrected chi connectivity index (χ2v) is 9.09. The molecule has 0 atom stereocenters. The van der Waals surface area contributed by atoms with E-state index in [0.717, 1.165) is 55.2 Å². The number of fused-ring (bicyclic) bond motifs is 1. The molecule has 3 heterocycles. The standard InChI is InChI=1S/C24H27N5O3S/c1-27(24-25-22(26-33-24)14-18-5-3-2-4-6-18)16-23(30)29-11-9-28(10-12-29)15-19-7-8-20-21(13-19)32-17-31-20/h2-8,13H,9-12,14-17H2,1H3. The number of nitrogens with zero attached hydrogens (tertiary/aromatic N) is 5. The summed E-state index contributed by atoms with van der Waals surface area (Å²) in [5.41, 5.74) is 2.38. The van der Waals surface area contributed by atoms with Gasteiger partial charge in [0.05, 0.1) is 6.54 Å². The predicted octanol–water partition coefficient (Wildman–Crippen LogP) is 2.64. The average molecular weight is 466 g/mol. The fourth-order valence-electron chi connectivity index (χ4n) is 4.07. The number of likely N-dealkylation sites (N-methyl/N-ethyl adjacent to an activating group) is 1. The summed E-state index contributed by atoms with van der Waals surface area (Å²) in [5, 5.41) is 0.774. The van der Waals surface area contributed by atoms with Crippen molar-refractivity contribution < 1.29 is 14.3 Å². The summed E-state index contributed by atoms with van der Waals surface area (Å²) in [6, 6.07) is 16.3. The van der Waals surface area contributed by atoms with Crippen LogP contribution in [0.4, 0.5) is 5.13 Å². The molecule has 0 saturated carbocycles. The molecule has 2 aliphatic heterocycles. The van der Waals surface area contributed by atoms with Crippen LogP contribution in [-0.4, -0.2) is 71.6 Å². The van der Waals surface area contributed by atoms with Gasteiger partial charge in [-0.05, 0) is 23.3 Å². The van der Waals surface area contributed by atoms with Crippen LogP contribution in [0, 0.1) is 0 Å². The van der Waals surface area contributed by atoms with Gasteiger partial charge in [0, 0.05) is 57.7 Å². The minimum atomic E-state index is 0.125. The molecular weight excluding hydrogens is 438 g/mol. The monoisotopic (exact) mass is 465 g/mol. The number of aromatic nitrogens is 2. The van der Waals surface area contributed by atoms with Crippen molar-refractivity contribution in [2.75, 3.05) is 51.5 Å². The normalized spacial score (nSPS) is 15.6. The van der Waals surface area contributed by atoms with Crippen LogP contribution in [0.2, 0.25) is 0 Å². The zero-order chi connectivity index (χ0) is 22.6. The second kappa shape index (κ2) is 9.76. The number of carbonyl (C=O) groups is 1. The Bertz CT molecular complexity index is 1100. The highest BCUT2D eigenvalue weighted by Gasteiger charge is 2.23. The van der Waals surface area contributed by atoms with E-state index in [-0.39, 0.29) is 5.91 Å². The average Bonchev–Trinajstić information content (AvgIpc) is 3.49. The SMILES string of the molecule is CN(CC(=O)N1CCN(Cc2ccc3c(c2)OCO3)CC1)c1nc(Cc2ccccc2)ns1. The summed E-state index contributed by atoms with van der Waals surface area (Å²) >= 11 is 1.34. The van der Waals surface area contributed by atoms with Crippen molar-refractivity contribution in [2.24, 2.45) is 0 Å². The smallest absolute Gasteiger partial charge is 0.242 e. The van der Waals surface area contributed by atoms with Gasteiger partial charge < -0.3 is 19.3 Å². The fraction of sp³-hybridized carbons (Fsp3) is 0.375. The third-order valence-corrected chi connectivity index (χ3v) is 6.80. The van der Waals surface area contributed by atoms with E-state index in [0.29, 0.717) is 19.8 Å². The molecule has 0 N–H and O–H groups in total. The largest absolute Gasteiger partial charge is 0.454 e. The van der Waals surface area contributed by atoms with E-state index in [1.54, 1.807) is 0 Å². The van der Waals surface area contributed by atoms with E-state index in [1.165, 1.54) is 22.7 Å².